The molecule has 4 heteroatoms. The highest BCUT2D eigenvalue weighted by atomic mass is 16.5. The summed E-state index contributed by atoms with van der Waals surface area (Å²) in [6, 6.07) is 3.34. The molecule has 2 N–H and O–H groups in total. The van der Waals surface area contributed by atoms with Crippen LogP contribution in [-0.4, -0.2) is 20.2 Å². The summed E-state index contributed by atoms with van der Waals surface area (Å²) < 4.78 is 9.88. The van der Waals surface area contributed by atoms with Crippen LogP contribution in [0.1, 0.15) is 29.3 Å². The Morgan fingerprint density at radius 2 is 2.06 bits per heavy atom. The van der Waals surface area contributed by atoms with E-state index in [1.165, 1.54) is 7.11 Å². The van der Waals surface area contributed by atoms with E-state index < -0.39 is 0 Å². The molecular formula is C12H17NO3. The molecule has 0 radical (unpaired) electrons. The number of carbonyl (C=O) groups is 1. The number of carbonyl (C=O) groups excluding carboxylic acids is 1. The summed E-state index contributed by atoms with van der Waals surface area (Å²) >= 11 is 0. The van der Waals surface area contributed by atoms with Crippen molar-refractivity contribution in [2.24, 2.45) is 0 Å². The lowest BCUT2D eigenvalue weighted by Crippen LogP contribution is -2.05. The molecule has 0 heterocycles. The van der Waals surface area contributed by atoms with E-state index in [2.05, 4.69) is 11.7 Å². The number of nitrogen functional groups attached to an aromatic ring is 1. The zero-order valence-corrected chi connectivity index (χ0v) is 9.87. The number of ether oxygens (including phenoxy) is 2. The summed E-state index contributed by atoms with van der Waals surface area (Å²) in [5.41, 5.74) is 7.69. The van der Waals surface area contributed by atoms with Crippen molar-refractivity contribution in [3.63, 3.8) is 0 Å². The number of anilines is 1. The highest BCUT2D eigenvalue weighted by Crippen LogP contribution is 2.29. The van der Waals surface area contributed by atoms with Crippen LogP contribution in [0.15, 0.2) is 12.1 Å². The lowest BCUT2D eigenvalue weighted by atomic mass is 10.0. The molecule has 0 amide bonds. The predicted octanol–water partition coefficient (Wildman–Crippen LogP) is 2.02. The summed E-state index contributed by atoms with van der Waals surface area (Å²) in [5, 5.41) is 0. The zero-order chi connectivity index (χ0) is 12.1. The van der Waals surface area contributed by atoms with Gasteiger partial charge in [0.2, 0.25) is 0 Å². The van der Waals surface area contributed by atoms with Crippen molar-refractivity contribution >= 4 is 11.7 Å². The van der Waals surface area contributed by atoms with E-state index >= 15 is 0 Å². The van der Waals surface area contributed by atoms with Crippen LogP contribution < -0.4 is 10.5 Å². The van der Waals surface area contributed by atoms with Gasteiger partial charge in [-0.25, -0.2) is 4.79 Å². The lowest BCUT2D eigenvalue weighted by Gasteiger charge is -2.12. The number of esters is 1. The minimum Gasteiger partial charge on any atom is -0.494 e. The van der Waals surface area contributed by atoms with Gasteiger partial charge in [-0.05, 0) is 24.1 Å². The maximum atomic E-state index is 11.4. The average molecular weight is 223 g/mol. The smallest absolute Gasteiger partial charge is 0.337 e. The first kappa shape index (κ1) is 12.4. The highest BCUT2D eigenvalue weighted by Gasteiger charge is 2.13. The molecule has 0 aliphatic rings. The molecule has 88 valence electrons. The molecule has 1 aromatic rings. The summed E-state index contributed by atoms with van der Waals surface area (Å²) in [6.45, 7) is 2.06. The van der Waals surface area contributed by atoms with E-state index in [1.807, 2.05) is 0 Å². The molecule has 0 atom stereocenters. The third-order valence-electron chi connectivity index (χ3n) is 2.34. The Morgan fingerprint density at radius 1 is 1.38 bits per heavy atom. The van der Waals surface area contributed by atoms with Gasteiger partial charge in [-0.2, -0.15) is 0 Å². The van der Waals surface area contributed by atoms with Crippen LogP contribution >= 0.6 is 0 Å². The minimum atomic E-state index is -0.383. The van der Waals surface area contributed by atoms with Crippen molar-refractivity contribution in [1.29, 1.82) is 0 Å². The van der Waals surface area contributed by atoms with Gasteiger partial charge < -0.3 is 15.2 Å². The van der Waals surface area contributed by atoms with E-state index in [-0.39, 0.29) is 5.97 Å². The highest BCUT2D eigenvalue weighted by molar-refractivity contribution is 5.91. The fourth-order valence-corrected chi connectivity index (χ4v) is 1.65. The Labute approximate surface area is 95.3 Å². The van der Waals surface area contributed by atoms with Gasteiger partial charge >= 0.3 is 5.97 Å². The Morgan fingerprint density at radius 3 is 2.56 bits per heavy atom. The van der Waals surface area contributed by atoms with Gasteiger partial charge in [-0.3, -0.25) is 0 Å². The fourth-order valence-electron chi connectivity index (χ4n) is 1.65. The van der Waals surface area contributed by atoms with Gasteiger partial charge in [0.25, 0.3) is 0 Å². The maximum Gasteiger partial charge on any atom is 0.337 e. The Kier molecular flexibility index (Phi) is 4.17. The molecular weight excluding hydrogens is 206 g/mol. The van der Waals surface area contributed by atoms with Gasteiger partial charge in [-0.1, -0.05) is 13.3 Å². The van der Waals surface area contributed by atoms with Gasteiger partial charge in [-0.15, -0.1) is 0 Å². The molecule has 0 aliphatic heterocycles. The predicted molar refractivity (Wildman–Crippen MR) is 62.7 cm³/mol. The zero-order valence-electron chi connectivity index (χ0n) is 9.87. The molecule has 0 spiro atoms. The molecule has 0 bridgehead atoms. The second-order valence-electron chi connectivity index (χ2n) is 3.50. The van der Waals surface area contributed by atoms with E-state index in [0.717, 1.165) is 18.4 Å². The number of aryl methyl sites for hydroxylation is 1. The van der Waals surface area contributed by atoms with Crippen molar-refractivity contribution in [1.82, 2.24) is 0 Å². The summed E-state index contributed by atoms with van der Waals surface area (Å²) in [5.74, 6) is 0.265. The van der Waals surface area contributed by atoms with Crippen LogP contribution in [0.25, 0.3) is 0 Å². The van der Waals surface area contributed by atoms with Crippen LogP contribution in [0.2, 0.25) is 0 Å². The van der Waals surface area contributed by atoms with Crippen molar-refractivity contribution in [2.75, 3.05) is 20.0 Å². The normalized spacial score (nSPS) is 9.94. The standard InChI is InChI=1S/C12H17NO3/c1-4-5-8-6-9(12(14)16-3)7-10(13)11(8)15-2/h6-7H,4-5,13H2,1-3H3. The topological polar surface area (TPSA) is 61.5 Å². The van der Waals surface area contributed by atoms with Crippen molar-refractivity contribution in [3.05, 3.63) is 23.3 Å². The van der Waals surface area contributed by atoms with Crippen LogP contribution in [0.3, 0.4) is 0 Å². The first-order valence-corrected chi connectivity index (χ1v) is 5.18. The molecule has 16 heavy (non-hydrogen) atoms. The molecule has 4 nitrogen and oxygen atoms in total. The van der Waals surface area contributed by atoms with E-state index in [4.69, 9.17) is 10.5 Å². The van der Waals surface area contributed by atoms with Gasteiger partial charge in [0.15, 0.2) is 0 Å². The van der Waals surface area contributed by atoms with Crippen molar-refractivity contribution in [2.45, 2.75) is 19.8 Å². The van der Waals surface area contributed by atoms with Crippen LogP contribution in [0, 0.1) is 0 Å². The minimum absolute atomic E-state index is 0.383. The third-order valence-corrected chi connectivity index (χ3v) is 2.34. The maximum absolute atomic E-state index is 11.4. The van der Waals surface area contributed by atoms with Gasteiger partial charge in [0.1, 0.15) is 5.75 Å². The fraction of sp³-hybridized carbons (Fsp3) is 0.417. The molecule has 0 aliphatic carbocycles. The van der Waals surface area contributed by atoms with Crippen LogP contribution in [0.5, 0.6) is 5.75 Å². The number of methoxy groups -OCH3 is 2. The van der Waals surface area contributed by atoms with E-state index in [0.29, 0.717) is 17.0 Å². The average Bonchev–Trinajstić information content (AvgIpc) is 2.28. The van der Waals surface area contributed by atoms with Gasteiger partial charge in [0.05, 0.1) is 25.5 Å². The molecule has 0 unspecified atom stereocenters. The van der Waals surface area contributed by atoms with Crippen molar-refractivity contribution in [3.8, 4) is 5.75 Å². The SMILES string of the molecule is CCCc1cc(C(=O)OC)cc(N)c1OC. The number of hydrogen-bond acceptors (Lipinski definition) is 4. The van der Waals surface area contributed by atoms with Crippen LogP contribution in [-0.2, 0) is 11.2 Å². The summed E-state index contributed by atoms with van der Waals surface area (Å²) in [7, 11) is 2.92. The first-order valence-electron chi connectivity index (χ1n) is 5.18. The number of nitrogens with two attached hydrogens (primary N) is 1. The second kappa shape index (κ2) is 5.39. The molecule has 0 saturated carbocycles. The molecule has 1 rings (SSSR count). The monoisotopic (exact) mass is 223 g/mol. The van der Waals surface area contributed by atoms with E-state index in [9.17, 15) is 4.79 Å². The Balaban J connectivity index is 3.22. The largest absolute Gasteiger partial charge is 0.494 e. The van der Waals surface area contributed by atoms with Crippen molar-refractivity contribution < 1.29 is 14.3 Å². The third kappa shape index (κ3) is 2.45. The Hall–Kier alpha value is -1.71. The lowest BCUT2D eigenvalue weighted by molar-refractivity contribution is 0.0600. The van der Waals surface area contributed by atoms with Crippen LogP contribution in [0.4, 0.5) is 5.69 Å². The number of benzene rings is 1. The quantitative estimate of drug-likeness (QED) is 0.626. The number of hydrogen-bond donors (Lipinski definition) is 1. The Bertz CT molecular complexity index is 388. The number of rotatable bonds is 4. The molecule has 1 aromatic carbocycles. The summed E-state index contributed by atoms with van der Waals surface area (Å²) in [6.07, 6.45) is 1.78. The first-order chi connectivity index (χ1) is 7.63. The van der Waals surface area contributed by atoms with E-state index in [1.54, 1.807) is 19.2 Å². The second-order valence-corrected chi connectivity index (χ2v) is 3.50. The van der Waals surface area contributed by atoms with Gasteiger partial charge in [0, 0.05) is 0 Å². The molecule has 0 fully saturated rings. The molecule has 0 aromatic heterocycles. The summed E-state index contributed by atoms with van der Waals surface area (Å²) in [4.78, 5) is 11.4. The molecule has 0 saturated heterocycles.